The Kier molecular flexibility index (Phi) is 4.11. The highest BCUT2D eigenvalue weighted by molar-refractivity contribution is 6.42. The molecule has 24 heavy (non-hydrogen) atoms. The number of rotatable bonds is 1. The second-order valence-electron chi connectivity index (χ2n) is 6.26. The molecule has 124 valence electrons. The number of anilines is 1. The number of nitrogens with zero attached hydrogens (tertiary/aromatic N) is 1. The Morgan fingerprint density at radius 1 is 1.04 bits per heavy atom. The number of hydrogen-bond donors (Lipinski definition) is 1. The zero-order valence-electron chi connectivity index (χ0n) is 12.7. The first-order valence-corrected chi connectivity index (χ1v) is 8.99. The Morgan fingerprint density at radius 2 is 1.88 bits per heavy atom. The summed E-state index contributed by atoms with van der Waals surface area (Å²) in [5.41, 5.74) is 3.11. The maximum Gasteiger partial charge on any atom is 0.322 e. The number of amides is 2. The monoisotopic (exact) mass is 380 g/mol. The van der Waals surface area contributed by atoms with E-state index in [-0.39, 0.29) is 18.1 Å². The van der Waals surface area contributed by atoms with E-state index in [1.165, 1.54) is 11.1 Å². The summed E-state index contributed by atoms with van der Waals surface area (Å²) in [5.74, 6) is 0. The van der Waals surface area contributed by atoms with Crippen LogP contribution in [-0.2, 0) is 6.42 Å². The van der Waals surface area contributed by atoms with Crippen LogP contribution < -0.4 is 5.32 Å². The molecule has 0 aliphatic carbocycles. The van der Waals surface area contributed by atoms with E-state index in [0.29, 0.717) is 15.7 Å². The van der Waals surface area contributed by atoms with Gasteiger partial charge in [0, 0.05) is 16.8 Å². The zero-order valence-corrected chi connectivity index (χ0v) is 15.0. The lowest BCUT2D eigenvalue weighted by Crippen LogP contribution is -2.44. The Morgan fingerprint density at radius 3 is 2.67 bits per heavy atom. The average Bonchev–Trinajstić information content (AvgIpc) is 2.86. The van der Waals surface area contributed by atoms with Crippen LogP contribution in [0.15, 0.2) is 36.4 Å². The fourth-order valence-corrected chi connectivity index (χ4v) is 4.28. The van der Waals surface area contributed by atoms with E-state index in [1.807, 2.05) is 23.1 Å². The number of urea groups is 1. The Bertz CT molecular complexity index is 824. The molecule has 1 N–H and O–H groups in total. The molecule has 2 aromatic carbocycles. The van der Waals surface area contributed by atoms with E-state index >= 15 is 0 Å². The minimum absolute atomic E-state index is 0.0958. The zero-order chi connectivity index (χ0) is 16.8. The number of carbonyl (C=O) groups is 1. The van der Waals surface area contributed by atoms with Crippen molar-refractivity contribution >= 4 is 46.5 Å². The molecular formula is C18H15Cl3N2O. The molecule has 2 bridgehead atoms. The van der Waals surface area contributed by atoms with Crippen LogP contribution in [0.3, 0.4) is 0 Å². The van der Waals surface area contributed by atoms with Gasteiger partial charge in [-0.2, -0.15) is 0 Å². The summed E-state index contributed by atoms with van der Waals surface area (Å²) in [7, 11) is 0. The van der Waals surface area contributed by atoms with Crippen LogP contribution in [0.4, 0.5) is 10.5 Å². The topological polar surface area (TPSA) is 32.3 Å². The molecule has 0 unspecified atom stereocenters. The molecule has 0 radical (unpaired) electrons. The molecule has 2 atom stereocenters. The molecule has 2 heterocycles. The maximum absolute atomic E-state index is 12.8. The molecule has 2 amide bonds. The largest absolute Gasteiger partial charge is 0.322 e. The normalized spacial score (nSPS) is 21.5. The molecule has 1 fully saturated rings. The van der Waals surface area contributed by atoms with Crippen molar-refractivity contribution in [3.8, 4) is 0 Å². The summed E-state index contributed by atoms with van der Waals surface area (Å²) >= 11 is 18.1. The van der Waals surface area contributed by atoms with Gasteiger partial charge in [-0.25, -0.2) is 4.79 Å². The van der Waals surface area contributed by atoms with Gasteiger partial charge >= 0.3 is 6.03 Å². The molecule has 2 aromatic rings. The summed E-state index contributed by atoms with van der Waals surface area (Å²) in [6, 6.07) is 11.3. The molecule has 3 nitrogen and oxygen atoms in total. The van der Waals surface area contributed by atoms with Crippen LogP contribution in [0.2, 0.25) is 15.1 Å². The predicted molar refractivity (Wildman–Crippen MR) is 98.2 cm³/mol. The van der Waals surface area contributed by atoms with Crippen molar-refractivity contribution in [3.63, 3.8) is 0 Å². The Labute approximate surface area is 155 Å². The molecule has 4 rings (SSSR count). The Hall–Kier alpha value is -1.42. The van der Waals surface area contributed by atoms with Gasteiger partial charge in [0.1, 0.15) is 0 Å². The van der Waals surface area contributed by atoms with Crippen LogP contribution in [0.5, 0.6) is 0 Å². The van der Waals surface area contributed by atoms with Crippen molar-refractivity contribution in [1.82, 2.24) is 4.90 Å². The minimum Gasteiger partial charge on any atom is -0.314 e. The first-order chi connectivity index (χ1) is 11.5. The molecule has 2 aliphatic heterocycles. The molecule has 6 heteroatoms. The van der Waals surface area contributed by atoms with Crippen LogP contribution in [0.25, 0.3) is 0 Å². The number of halogens is 3. The third-order valence-corrected chi connectivity index (χ3v) is 5.80. The van der Waals surface area contributed by atoms with Gasteiger partial charge in [0.15, 0.2) is 0 Å². The third kappa shape index (κ3) is 2.75. The third-order valence-electron chi connectivity index (χ3n) is 4.83. The SMILES string of the molecule is O=C(Nc1ccc(Cl)c(Cl)c1)N1[C@H]2CC[C@@H]1c1ccc(Cl)cc1C2. The fourth-order valence-electron chi connectivity index (χ4n) is 3.79. The first-order valence-electron chi connectivity index (χ1n) is 7.85. The van der Waals surface area contributed by atoms with Gasteiger partial charge in [-0.15, -0.1) is 0 Å². The summed E-state index contributed by atoms with van der Waals surface area (Å²) in [5, 5.41) is 4.59. The van der Waals surface area contributed by atoms with Crippen LogP contribution in [-0.4, -0.2) is 17.0 Å². The smallest absolute Gasteiger partial charge is 0.314 e. The van der Waals surface area contributed by atoms with Crippen molar-refractivity contribution in [2.45, 2.75) is 31.3 Å². The lowest BCUT2D eigenvalue weighted by atomic mass is 9.93. The highest BCUT2D eigenvalue weighted by Crippen LogP contribution is 2.44. The van der Waals surface area contributed by atoms with Crippen LogP contribution >= 0.6 is 34.8 Å². The number of fused-ring (bicyclic) bond motifs is 4. The van der Waals surface area contributed by atoms with Gasteiger partial charge < -0.3 is 10.2 Å². The van der Waals surface area contributed by atoms with E-state index in [9.17, 15) is 4.79 Å². The van der Waals surface area contributed by atoms with Crippen molar-refractivity contribution in [3.05, 3.63) is 62.6 Å². The van der Waals surface area contributed by atoms with E-state index in [2.05, 4.69) is 5.32 Å². The molecule has 0 spiro atoms. The van der Waals surface area contributed by atoms with Gasteiger partial charge in [0.25, 0.3) is 0 Å². The highest BCUT2D eigenvalue weighted by atomic mass is 35.5. The fraction of sp³-hybridized carbons (Fsp3) is 0.278. The van der Waals surface area contributed by atoms with Gasteiger partial charge in [0.05, 0.1) is 16.1 Å². The van der Waals surface area contributed by atoms with Crippen molar-refractivity contribution in [2.75, 3.05) is 5.32 Å². The van der Waals surface area contributed by atoms with Crippen molar-refractivity contribution in [2.24, 2.45) is 0 Å². The maximum atomic E-state index is 12.8. The highest BCUT2D eigenvalue weighted by Gasteiger charge is 2.42. The quantitative estimate of drug-likeness (QED) is 0.651. The first kappa shape index (κ1) is 16.1. The summed E-state index contributed by atoms with van der Waals surface area (Å²) < 4.78 is 0. The van der Waals surface area contributed by atoms with Gasteiger partial charge in [-0.1, -0.05) is 40.9 Å². The molecule has 1 saturated heterocycles. The number of hydrogen-bond acceptors (Lipinski definition) is 1. The molecule has 0 aromatic heterocycles. The van der Waals surface area contributed by atoms with Gasteiger partial charge in [-0.05, 0) is 60.7 Å². The van der Waals surface area contributed by atoms with Gasteiger partial charge in [0.2, 0.25) is 0 Å². The summed E-state index contributed by atoms with van der Waals surface area (Å²) in [6.07, 6.45) is 2.83. The predicted octanol–water partition coefficient (Wildman–Crippen LogP) is 5.94. The Balaban J connectivity index is 1.59. The van der Waals surface area contributed by atoms with Crippen molar-refractivity contribution in [1.29, 1.82) is 0 Å². The number of nitrogens with one attached hydrogen (secondary N) is 1. The minimum atomic E-state index is -0.0958. The molecule has 0 saturated carbocycles. The van der Waals surface area contributed by atoms with Crippen molar-refractivity contribution < 1.29 is 4.79 Å². The summed E-state index contributed by atoms with van der Waals surface area (Å²) in [6.45, 7) is 0. The van der Waals surface area contributed by atoms with Crippen LogP contribution in [0, 0.1) is 0 Å². The summed E-state index contributed by atoms with van der Waals surface area (Å²) in [4.78, 5) is 14.8. The van der Waals surface area contributed by atoms with Gasteiger partial charge in [-0.3, -0.25) is 0 Å². The second kappa shape index (κ2) is 6.14. The number of carbonyl (C=O) groups excluding carboxylic acids is 1. The lowest BCUT2D eigenvalue weighted by molar-refractivity contribution is 0.179. The van der Waals surface area contributed by atoms with E-state index < -0.39 is 0 Å². The van der Waals surface area contributed by atoms with Crippen LogP contribution in [0.1, 0.15) is 30.0 Å². The standard InChI is InChI=1S/C18H15Cl3N2O/c19-11-1-4-14-10(7-11)8-13-3-6-17(14)23(13)18(24)22-12-2-5-15(20)16(21)9-12/h1-2,4-5,7,9,13,17H,3,6,8H2,(H,22,24)/t13-,17+/m0/s1. The average molecular weight is 382 g/mol. The number of benzene rings is 2. The second-order valence-corrected chi connectivity index (χ2v) is 7.51. The molecule has 2 aliphatic rings. The van der Waals surface area contributed by atoms with E-state index in [4.69, 9.17) is 34.8 Å². The molecular weight excluding hydrogens is 367 g/mol. The lowest BCUT2D eigenvalue weighted by Gasteiger charge is -2.36. The van der Waals surface area contributed by atoms with E-state index in [1.54, 1.807) is 18.2 Å². The van der Waals surface area contributed by atoms with E-state index in [0.717, 1.165) is 24.3 Å².